The average Bonchev–Trinajstić information content (AvgIpc) is 3.03. The number of aromatic nitrogens is 1. The fourth-order valence-electron chi connectivity index (χ4n) is 2.08. The largest absolute Gasteiger partial charge is 0.298 e. The Bertz CT molecular complexity index is 867. The average molecular weight is 338 g/mol. The molecule has 0 fully saturated rings. The molecule has 0 radical (unpaired) electrons. The minimum atomic E-state index is -0.303. The summed E-state index contributed by atoms with van der Waals surface area (Å²) in [6.07, 6.45) is 3.03. The molecule has 1 heterocycles. The summed E-state index contributed by atoms with van der Waals surface area (Å²) in [5, 5.41) is 5.18. The van der Waals surface area contributed by atoms with Gasteiger partial charge in [0.2, 0.25) is 5.91 Å². The topological polar surface area (TPSA) is 42.0 Å². The third-order valence-corrected chi connectivity index (χ3v) is 4.14. The van der Waals surface area contributed by atoms with Crippen LogP contribution < -0.4 is 5.32 Å². The van der Waals surface area contributed by atoms with Gasteiger partial charge in [0, 0.05) is 17.0 Å². The molecule has 3 aromatic rings. The van der Waals surface area contributed by atoms with Gasteiger partial charge in [-0.1, -0.05) is 42.0 Å². The van der Waals surface area contributed by atoms with Crippen LogP contribution >= 0.6 is 11.3 Å². The molecule has 120 valence electrons. The monoisotopic (exact) mass is 338 g/mol. The van der Waals surface area contributed by atoms with Gasteiger partial charge in [-0.05, 0) is 30.7 Å². The lowest BCUT2D eigenvalue weighted by atomic mass is 10.1. The molecule has 1 N–H and O–H groups in total. The van der Waals surface area contributed by atoms with Gasteiger partial charge in [0.05, 0.1) is 5.69 Å². The molecule has 0 saturated carbocycles. The molecule has 1 amide bonds. The van der Waals surface area contributed by atoms with Crippen LogP contribution in [0.1, 0.15) is 11.1 Å². The molecule has 1 aromatic heterocycles. The smallest absolute Gasteiger partial charge is 0.250 e. The van der Waals surface area contributed by atoms with Crippen LogP contribution in [0.15, 0.2) is 60.0 Å². The maximum atomic E-state index is 12.8. The Morgan fingerprint density at radius 1 is 1.12 bits per heavy atom. The summed E-state index contributed by atoms with van der Waals surface area (Å²) in [4.78, 5) is 16.4. The summed E-state index contributed by atoms with van der Waals surface area (Å²) in [6, 6.07) is 14.0. The van der Waals surface area contributed by atoms with Crippen LogP contribution in [0.4, 0.5) is 9.52 Å². The first kappa shape index (κ1) is 16.1. The van der Waals surface area contributed by atoms with Crippen molar-refractivity contribution in [3.05, 3.63) is 76.9 Å². The van der Waals surface area contributed by atoms with E-state index in [1.807, 2.05) is 36.6 Å². The minimum Gasteiger partial charge on any atom is -0.298 e. The van der Waals surface area contributed by atoms with E-state index in [-0.39, 0.29) is 11.7 Å². The van der Waals surface area contributed by atoms with Crippen LogP contribution in [0.5, 0.6) is 0 Å². The molecule has 2 aromatic carbocycles. The van der Waals surface area contributed by atoms with E-state index in [9.17, 15) is 9.18 Å². The van der Waals surface area contributed by atoms with Gasteiger partial charge in [0.1, 0.15) is 5.82 Å². The van der Waals surface area contributed by atoms with Gasteiger partial charge >= 0.3 is 0 Å². The van der Waals surface area contributed by atoms with E-state index in [0.29, 0.717) is 5.13 Å². The van der Waals surface area contributed by atoms with Crippen molar-refractivity contribution in [3.8, 4) is 11.3 Å². The quantitative estimate of drug-likeness (QED) is 0.687. The lowest BCUT2D eigenvalue weighted by molar-refractivity contribution is -0.111. The van der Waals surface area contributed by atoms with Gasteiger partial charge in [-0.25, -0.2) is 9.37 Å². The lowest BCUT2D eigenvalue weighted by Crippen LogP contribution is -2.07. The first-order valence-corrected chi connectivity index (χ1v) is 8.25. The highest BCUT2D eigenvalue weighted by atomic mass is 32.1. The van der Waals surface area contributed by atoms with E-state index >= 15 is 0 Å². The van der Waals surface area contributed by atoms with Crippen molar-refractivity contribution >= 4 is 28.5 Å². The van der Waals surface area contributed by atoms with Crippen LogP contribution in [0.3, 0.4) is 0 Å². The molecule has 0 aliphatic rings. The number of hydrogen-bond donors (Lipinski definition) is 1. The van der Waals surface area contributed by atoms with Crippen molar-refractivity contribution in [1.82, 2.24) is 4.98 Å². The van der Waals surface area contributed by atoms with Crippen molar-refractivity contribution < 1.29 is 9.18 Å². The number of benzene rings is 2. The summed E-state index contributed by atoms with van der Waals surface area (Å²) in [5.41, 5.74) is 3.79. The van der Waals surface area contributed by atoms with Crippen molar-refractivity contribution in [2.75, 3.05) is 5.32 Å². The van der Waals surface area contributed by atoms with E-state index < -0.39 is 0 Å². The van der Waals surface area contributed by atoms with Gasteiger partial charge in [-0.3, -0.25) is 10.1 Å². The van der Waals surface area contributed by atoms with Gasteiger partial charge in [0.25, 0.3) is 0 Å². The van der Waals surface area contributed by atoms with Crippen molar-refractivity contribution in [1.29, 1.82) is 0 Å². The molecule has 0 atom stereocenters. The summed E-state index contributed by atoms with van der Waals surface area (Å²) >= 11 is 1.37. The number of nitrogens with one attached hydrogen (secondary N) is 1. The van der Waals surface area contributed by atoms with Crippen LogP contribution in [0, 0.1) is 12.7 Å². The molecule has 0 aliphatic heterocycles. The number of thiazole rings is 1. The van der Waals surface area contributed by atoms with E-state index in [0.717, 1.165) is 16.8 Å². The second-order valence-electron chi connectivity index (χ2n) is 5.28. The Hall–Kier alpha value is -2.79. The number of aryl methyl sites for hydroxylation is 1. The summed E-state index contributed by atoms with van der Waals surface area (Å²) < 4.78 is 12.8. The molecule has 24 heavy (non-hydrogen) atoms. The first-order valence-electron chi connectivity index (χ1n) is 7.37. The Kier molecular flexibility index (Phi) is 4.82. The number of nitrogens with zero attached hydrogens (tertiary/aromatic N) is 1. The van der Waals surface area contributed by atoms with Gasteiger partial charge in [-0.15, -0.1) is 11.3 Å². The zero-order valence-electron chi connectivity index (χ0n) is 13.0. The van der Waals surface area contributed by atoms with Crippen LogP contribution in [-0.4, -0.2) is 10.9 Å². The molecule has 3 nitrogen and oxygen atoms in total. The third-order valence-electron chi connectivity index (χ3n) is 3.38. The molecule has 0 spiro atoms. The predicted molar refractivity (Wildman–Crippen MR) is 96.4 cm³/mol. The molecule has 0 unspecified atom stereocenters. The second-order valence-corrected chi connectivity index (χ2v) is 6.14. The van der Waals surface area contributed by atoms with Gasteiger partial charge in [0.15, 0.2) is 5.13 Å². The molecular formula is C19H15FN2OS. The van der Waals surface area contributed by atoms with Gasteiger partial charge < -0.3 is 0 Å². The summed E-state index contributed by atoms with van der Waals surface area (Å²) in [7, 11) is 0. The van der Waals surface area contributed by atoms with Crippen molar-refractivity contribution in [2.24, 2.45) is 0 Å². The SMILES string of the molecule is Cc1ccc(-c2csc(NC(=O)C=Cc3ccc(F)cc3)n2)cc1. The number of carbonyl (C=O) groups is 1. The van der Waals surface area contributed by atoms with E-state index in [1.165, 1.54) is 35.1 Å². The maximum absolute atomic E-state index is 12.8. The molecule has 5 heteroatoms. The fraction of sp³-hybridized carbons (Fsp3) is 0.0526. The number of anilines is 1. The Morgan fingerprint density at radius 3 is 2.54 bits per heavy atom. The molecule has 0 aliphatic carbocycles. The Labute approximate surface area is 143 Å². The first-order chi connectivity index (χ1) is 11.6. The Balaban J connectivity index is 1.64. The van der Waals surface area contributed by atoms with Crippen LogP contribution in [-0.2, 0) is 4.79 Å². The fourth-order valence-corrected chi connectivity index (χ4v) is 2.80. The van der Waals surface area contributed by atoms with Crippen LogP contribution in [0.25, 0.3) is 17.3 Å². The number of halogens is 1. The number of rotatable bonds is 4. The highest BCUT2D eigenvalue weighted by Gasteiger charge is 2.06. The third kappa shape index (κ3) is 4.14. The van der Waals surface area contributed by atoms with E-state index in [2.05, 4.69) is 10.3 Å². The number of amides is 1. The summed E-state index contributed by atoms with van der Waals surface area (Å²) in [6.45, 7) is 2.03. The van der Waals surface area contributed by atoms with Crippen LogP contribution in [0.2, 0.25) is 0 Å². The maximum Gasteiger partial charge on any atom is 0.250 e. The molecular weight excluding hydrogens is 323 g/mol. The van der Waals surface area contributed by atoms with E-state index in [1.54, 1.807) is 18.2 Å². The lowest BCUT2D eigenvalue weighted by Gasteiger charge is -1.98. The number of hydrogen-bond acceptors (Lipinski definition) is 3. The zero-order chi connectivity index (χ0) is 16.9. The minimum absolute atomic E-state index is 0.274. The second kappa shape index (κ2) is 7.19. The number of carbonyl (C=O) groups excluding carboxylic acids is 1. The van der Waals surface area contributed by atoms with Crippen molar-refractivity contribution in [2.45, 2.75) is 6.92 Å². The summed E-state index contributed by atoms with van der Waals surface area (Å²) in [5.74, 6) is -0.577. The highest BCUT2D eigenvalue weighted by Crippen LogP contribution is 2.25. The predicted octanol–water partition coefficient (Wildman–Crippen LogP) is 4.91. The standard InChI is InChI=1S/C19H15FN2OS/c1-13-2-7-15(8-3-13)17-12-24-19(21-17)22-18(23)11-6-14-4-9-16(20)10-5-14/h2-12H,1H3,(H,21,22,23). The zero-order valence-corrected chi connectivity index (χ0v) is 13.8. The normalized spacial score (nSPS) is 10.9. The van der Waals surface area contributed by atoms with Crippen molar-refractivity contribution in [3.63, 3.8) is 0 Å². The Morgan fingerprint density at radius 2 is 1.83 bits per heavy atom. The molecule has 0 bridgehead atoms. The van der Waals surface area contributed by atoms with E-state index in [4.69, 9.17) is 0 Å². The van der Waals surface area contributed by atoms with Gasteiger partial charge in [-0.2, -0.15) is 0 Å². The molecule has 3 rings (SSSR count). The molecule has 0 saturated heterocycles. The highest BCUT2D eigenvalue weighted by molar-refractivity contribution is 7.14.